The molecule has 2 aromatic rings. The monoisotopic (exact) mass is 298 g/mol. The van der Waals surface area contributed by atoms with Crippen LogP contribution in [0.15, 0.2) is 36.4 Å². The summed E-state index contributed by atoms with van der Waals surface area (Å²) in [6.07, 6.45) is 1.30. The number of aromatic amines is 1. The number of aryl methyl sites for hydroxylation is 1. The summed E-state index contributed by atoms with van der Waals surface area (Å²) >= 11 is 0. The van der Waals surface area contributed by atoms with Gasteiger partial charge in [0.2, 0.25) is 0 Å². The van der Waals surface area contributed by atoms with Gasteiger partial charge in [-0.15, -0.1) is 0 Å². The number of aromatic nitrogens is 2. The zero-order valence-electron chi connectivity index (χ0n) is 13.6. The van der Waals surface area contributed by atoms with Crippen molar-refractivity contribution in [3.63, 3.8) is 0 Å². The van der Waals surface area contributed by atoms with Crippen LogP contribution in [0.4, 0.5) is 0 Å². The van der Waals surface area contributed by atoms with Crippen molar-refractivity contribution < 1.29 is 0 Å². The lowest BCUT2D eigenvalue weighted by molar-refractivity contribution is 0.253. The lowest BCUT2D eigenvalue weighted by Crippen LogP contribution is -2.28. The van der Waals surface area contributed by atoms with Gasteiger partial charge in [-0.3, -0.25) is 10.00 Å². The van der Waals surface area contributed by atoms with Crippen LogP contribution in [0.3, 0.4) is 0 Å². The second-order valence-electron chi connectivity index (χ2n) is 6.61. The average Bonchev–Trinajstić information content (AvgIpc) is 3.09. The molecule has 0 unspecified atom stereocenters. The van der Waals surface area contributed by atoms with Crippen molar-refractivity contribution in [2.75, 3.05) is 26.7 Å². The number of nitrogens with one attached hydrogen (secondary N) is 1. The first-order valence-electron chi connectivity index (χ1n) is 8.15. The Morgan fingerprint density at radius 3 is 2.86 bits per heavy atom. The minimum Gasteiger partial charge on any atom is -0.300 e. The molecular formula is C18H26N4. The quantitative estimate of drug-likeness (QED) is 0.890. The van der Waals surface area contributed by atoms with Crippen LogP contribution in [0.2, 0.25) is 0 Å². The highest BCUT2D eigenvalue weighted by Gasteiger charge is 2.23. The van der Waals surface area contributed by atoms with E-state index in [4.69, 9.17) is 0 Å². The number of hydrogen-bond donors (Lipinski definition) is 1. The van der Waals surface area contributed by atoms with Gasteiger partial charge in [0.05, 0.1) is 5.69 Å². The predicted molar refractivity (Wildman–Crippen MR) is 89.5 cm³/mol. The summed E-state index contributed by atoms with van der Waals surface area (Å²) in [7, 11) is 2.20. The van der Waals surface area contributed by atoms with Crippen LogP contribution in [0, 0.1) is 12.8 Å². The van der Waals surface area contributed by atoms with Crippen molar-refractivity contribution >= 4 is 0 Å². The molecule has 0 amide bonds. The third-order valence-electron chi connectivity index (χ3n) is 4.38. The average molecular weight is 298 g/mol. The maximum Gasteiger partial charge on any atom is 0.0764 e. The lowest BCUT2D eigenvalue weighted by atomic mass is 10.1. The van der Waals surface area contributed by atoms with Crippen molar-refractivity contribution in [2.24, 2.45) is 5.92 Å². The van der Waals surface area contributed by atoms with E-state index >= 15 is 0 Å². The largest absolute Gasteiger partial charge is 0.300 e. The fourth-order valence-corrected chi connectivity index (χ4v) is 3.38. The third kappa shape index (κ3) is 4.18. The van der Waals surface area contributed by atoms with Gasteiger partial charge in [-0.05, 0) is 44.5 Å². The van der Waals surface area contributed by atoms with E-state index in [9.17, 15) is 0 Å². The molecule has 4 nitrogen and oxygen atoms in total. The number of nitrogens with zero attached hydrogens (tertiary/aromatic N) is 3. The summed E-state index contributed by atoms with van der Waals surface area (Å²) in [4.78, 5) is 4.97. The predicted octanol–water partition coefficient (Wildman–Crippen LogP) is 2.67. The Hall–Kier alpha value is -1.65. The van der Waals surface area contributed by atoms with E-state index < -0.39 is 0 Å². The molecule has 1 aromatic heterocycles. The highest BCUT2D eigenvalue weighted by atomic mass is 15.2. The summed E-state index contributed by atoms with van der Waals surface area (Å²) in [6, 6.07) is 12.9. The molecule has 3 rings (SSSR count). The first kappa shape index (κ1) is 15.3. The number of rotatable bonds is 6. The number of H-pyrrole nitrogens is 1. The van der Waals surface area contributed by atoms with Crippen LogP contribution < -0.4 is 0 Å². The topological polar surface area (TPSA) is 35.2 Å². The number of likely N-dealkylation sites (tertiary alicyclic amines) is 1. The molecule has 22 heavy (non-hydrogen) atoms. The molecule has 1 aromatic carbocycles. The van der Waals surface area contributed by atoms with Crippen molar-refractivity contribution in [3.8, 4) is 0 Å². The van der Waals surface area contributed by atoms with Gasteiger partial charge in [-0.2, -0.15) is 5.10 Å². The SMILES string of the molecule is Cc1cc(CN(C)C[C@H]2CCN(Cc3ccccc3)C2)n[nH]1. The molecular weight excluding hydrogens is 272 g/mol. The highest BCUT2D eigenvalue weighted by molar-refractivity contribution is 5.14. The summed E-state index contributed by atoms with van der Waals surface area (Å²) in [6.45, 7) is 7.64. The van der Waals surface area contributed by atoms with Crippen molar-refractivity contribution in [1.82, 2.24) is 20.0 Å². The lowest BCUT2D eigenvalue weighted by Gasteiger charge is -2.21. The van der Waals surface area contributed by atoms with E-state index in [2.05, 4.69) is 70.4 Å². The molecule has 0 saturated carbocycles. The summed E-state index contributed by atoms with van der Waals surface area (Å²) < 4.78 is 0. The van der Waals surface area contributed by atoms with Crippen LogP contribution in [0.5, 0.6) is 0 Å². The minimum absolute atomic E-state index is 0.772. The van der Waals surface area contributed by atoms with E-state index in [1.807, 2.05) is 0 Å². The van der Waals surface area contributed by atoms with Crippen molar-refractivity contribution in [2.45, 2.75) is 26.4 Å². The van der Waals surface area contributed by atoms with Gasteiger partial charge in [-0.25, -0.2) is 0 Å². The standard InChI is InChI=1S/C18H26N4/c1-15-10-18(20-19-15)14-21(2)11-17-8-9-22(13-17)12-16-6-4-3-5-7-16/h3-7,10,17H,8-9,11-14H2,1-2H3,(H,19,20)/t17-/m1/s1. The molecule has 1 N–H and O–H groups in total. The maximum atomic E-state index is 4.32. The molecule has 0 spiro atoms. The van der Waals surface area contributed by atoms with Gasteiger partial charge in [-0.1, -0.05) is 30.3 Å². The van der Waals surface area contributed by atoms with Gasteiger partial charge >= 0.3 is 0 Å². The van der Waals surface area contributed by atoms with Crippen LogP contribution in [-0.2, 0) is 13.1 Å². The molecule has 1 aliphatic heterocycles. The van der Waals surface area contributed by atoms with E-state index in [0.717, 1.165) is 36.9 Å². The molecule has 1 aliphatic rings. The molecule has 1 atom stereocenters. The molecule has 4 heteroatoms. The second-order valence-corrected chi connectivity index (χ2v) is 6.61. The Kier molecular flexibility index (Phi) is 4.90. The fraction of sp³-hybridized carbons (Fsp3) is 0.500. The summed E-state index contributed by atoms with van der Waals surface area (Å²) in [5.74, 6) is 0.772. The number of benzene rings is 1. The Balaban J connectivity index is 1.44. The normalized spacial score (nSPS) is 19.1. The van der Waals surface area contributed by atoms with E-state index in [-0.39, 0.29) is 0 Å². The van der Waals surface area contributed by atoms with Crippen molar-refractivity contribution in [1.29, 1.82) is 0 Å². The zero-order chi connectivity index (χ0) is 15.4. The Bertz CT molecular complexity index is 578. The first-order valence-corrected chi connectivity index (χ1v) is 8.15. The molecule has 2 heterocycles. The van der Waals surface area contributed by atoms with Gasteiger partial charge in [0.15, 0.2) is 0 Å². The Morgan fingerprint density at radius 2 is 2.14 bits per heavy atom. The Morgan fingerprint density at radius 1 is 1.32 bits per heavy atom. The van der Waals surface area contributed by atoms with Gasteiger partial charge in [0.1, 0.15) is 0 Å². The van der Waals surface area contributed by atoms with Crippen molar-refractivity contribution in [3.05, 3.63) is 53.3 Å². The van der Waals surface area contributed by atoms with E-state index in [1.165, 1.54) is 25.1 Å². The van der Waals surface area contributed by atoms with Crippen LogP contribution in [-0.4, -0.2) is 46.7 Å². The van der Waals surface area contributed by atoms with Crippen LogP contribution in [0.25, 0.3) is 0 Å². The molecule has 0 bridgehead atoms. The zero-order valence-corrected chi connectivity index (χ0v) is 13.6. The fourth-order valence-electron chi connectivity index (χ4n) is 3.38. The second kappa shape index (κ2) is 7.07. The first-order chi connectivity index (χ1) is 10.7. The highest BCUT2D eigenvalue weighted by Crippen LogP contribution is 2.20. The van der Waals surface area contributed by atoms with Gasteiger partial charge in [0, 0.05) is 31.9 Å². The van der Waals surface area contributed by atoms with Crippen LogP contribution in [0.1, 0.15) is 23.4 Å². The molecule has 0 aliphatic carbocycles. The van der Waals surface area contributed by atoms with E-state index in [0.29, 0.717) is 0 Å². The molecule has 1 fully saturated rings. The van der Waals surface area contributed by atoms with Gasteiger partial charge in [0.25, 0.3) is 0 Å². The molecule has 118 valence electrons. The van der Waals surface area contributed by atoms with E-state index in [1.54, 1.807) is 0 Å². The maximum absolute atomic E-state index is 4.32. The summed E-state index contributed by atoms with van der Waals surface area (Å²) in [5, 5.41) is 7.34. The Labute approximate surface area is 133 Å². The van der Waals surface area contributed by atoms with Gasteiger partial charge < -0.3 is 4.90 Å². The smallest absolute Gasteiger partial charge is 0.0764 e. The molecule has 1 saturated heterocycles. The van der Waals surface area contributed by atoms with Crippen LogP contribution >= 0.6 is 0 Å². The number of hydrogen-bond acceptors (Lipinski definition) is 3. The molecule has 0 radical (unpaired) electrons. The third-order valence-corrected chi connectivity index (χ3v) is 4.38. The summed E-state index contributed by atoms with van der Waals surface area (Å²) in [5.41, 5.74) is 3.70. The minimum atomic E-state index is 0.772.